The van der Waals surface area contributed by atoms with Crippen molar-refractivity contribution in [2.75, 3.05) is 6.61 Å². The number of benzene rings is 1. The smallest absolute Gasteiger partial charge is 0.0575 e. The summed E-state index contributed by atoms with van der Waals surface area (Å²) in [6.45, 7) is 5.59. The van der Waals surface area contributed by atoms with Gasteiger partial charge in [0.1, 0.15) is 0 Å². The van der Waals surface area contributed by atoms with E-state index in [1.165, 1.54) is 147 Å². The normalized spacial score (nSPS) is 24.7. The lowest BCUT2D eigenvalue weighted by Crippen LogP contribution is -2.21. The van der Waals surface area contributed by atoms with Crippen LogP contribution in [0.4, 0.5) is 0 Å². The van der Waals surface area contributed by atoms with Crippen molar-refractivity contribution in [1.82, 2.24) is 0 Å². The highest BCUT2D eigenvalue weighted by molar-refractivity contribution is 5.26. The van der Waals surface area contributed by atoms with Gasteiger partial charge in [-0.25, -0.2) is 0 Å². The molecule has 0 aliphatic heterocycles. The fourth-order valence-electron chi connectivity index (χ4n) is 6.92. The number of unbranched alkanes of at least 4 members (excludes halogenated alkanes) is 8. The van der Waals surface area contributed by atoms with Crippen molar-refractivity contribution >= 4 is 0 Å². The van der Waals surface area contributed by atoms with Crippen molar-refractivity contribution in [3.63, 3.8) is 0 Å². The molecule has 2 saturated carbocycles. The molecule has 2 aliphatic rings. The van der Waals surface area contributed by atoms with E-state index in [1.807, 2.05) is 0 Å². The second kappa shape index (κ2) is 18.4. The van der Waals surface area contributed by atoms with Gasteiger partial charge < -0.3 is 4.74 Å². The van der Waals surface area contributed by atoms with Crippen LogP contribution in [0.5, 0.6) is 0 Å². The Hall–Kier alpha value is -0.820. The van der Waals surface area contributed by atoms with Crippen LogP contribution in [0.1, 0.15) is 166 Å². The van der Waals surface area contributed by atoms with E-state index in [1.54, 1.807) is 5.56 Å². The maximum Gasteiger partial charge on any atom is 0.0575 e. The van der Waals surface area contributed by atoms with E-state index in [0.717, 1.165) is 24.4 Å². The molecule has 0 atom stereocenters. The Kier molecular flexibility index (Phi) is 15.2. The second-order valence-electron chi connectivity index (χ2n) is 12.5. The molecule has 2 fully saturated rings. The first kappa shape index (κ1) is 29.7. The Morgan fingerprint density at radius 2 is 1.14 bits per heavy atom. The van der Waals surface area contributed by atoms with Crippen LogP contribution in [0.25, 0.3) is 0 Å². The average Bonchev–Trinajstić information content (AvgIpc) is 2.92. The summed E-state index contributed by atoms with van der Waals surface area (Å²) in [6.07, 6.45) is 31.3. The lowest BCUT2D eigenvalue weighted by molar-refractivity contribution is 0.0204. The molecule has 36 heavy (non-hydrogen) atoms. The molecular weight excluding hydrogens is 436 g/mol. The standard InChI is InChI=1S/C35H60O/c1-3-5-7-8-9-10-12-15-30-17-19-32(20-18-30)16-13-29-36-35-27-25-34(26-28-35)33-23-21-31(22-24-33)14-11-6-4-2/h21-24,30,32,34-35H,3-20,25-29H2,1-2H3. The largest absolute Gasteiger partial charge is 0.378 e. The molecule has 0 unspecified atom stereocenters. The van der Waals surface area contributed by atoms with E-state index in [2.05, 4.69) is 38.1 Å². The monoisotopic (exact) mass is 496 g/mol. The Bertz CT molecular complexity index is 633. The highest BCUT2D eigenvalue weighted by Crippen LogP contribution is 2.36. The molecule has 1 nitrogen and oxygen atoms in total. The molecule has 0 N–H and O–H groups in total. The van der Waals surface area contributed by atoms with Gasteiger partial charge in [-0.15, -0.1) is 0 Å². The average molecular weight is 497 g/mol. The summed E-state index contributed by atoms with van der Waals surface area (Å²) in [5.41, 5.74) is 3.08. The van der Waals surface area contributed by atoms with E-state index in [0.29, 0.717) is 6.10 Å². The first-order valence-electron chi connectivity index (χ1n) is 16.5. The quantitative estimate of drug-likeness (QED) is 0.184. The Balaban J connectivity index is 1.17. The van der Waals surface area contributed by atoms with Gasteiger partial charge in [0, 0.05) is 6.61 Å². The molecule has 0 aromatic heterocycles. The number of hydrogen-bond donors (Lipinski definition) is 0. The van der Waals surface area contributed by atoms with E-state index >= 15 is 0 Å². The topological polar surface area (TPSA) is 9.23 Å². The summed E-state index contributed by atoms with van der Waals surface area (Å²) >= 11 is 0. The molecule has 3 rings (SSSR count). The molecule has 1 aromatic rings. The number of hydrogen-bond acceptors (Lipinski definition) is 1. The van der Waals surface area contributed by atoms with Crippen LogP contribution in [0, 0.1) is 11.8 Å². The molecule has 0 bridgehead atoms. The van der Waals surface area contributed by atoms with Gasteiger partial charge in [0.2, 0.25) is 0 Å². The molecule has 206 valence electrons. The number of ether oxygens (including phenoxy) is 1. The van der Waals surface area contributed by atoms with Gasteiger partial charge in [0.15, 0.2) is 0 Å². The summed E-state index contributed by atoms with van der Waals surface area (Å²) < 4.78 is 6.35. The van der Waals surface area contributed by atoms with Gasteiger partial charge >= 0.3 is 0 Å². The zero-order valence-electron chi connectivity index (χ0n) is 24.3. The van der Waals surface area contributed by atoms with E-state index in [-0.39, 0.29) is 0 Å². The SMILES string of the molecule is CCCCCCCCCC1CCC(CCCOC2CCC(c3ccc(CCCCC)cc3)CC2)CC1. The lowest BCUT2D eigenvalue weighted by Gasteiger charge is -2.30. The first-order valence-corrected chi connectivity index (χ1v) is 16.5. The van der Waals surface area contributed by atoms with Crippen molar-refractivity contribution in [3.05, 3.63) is 35.4 Å². The fraction of sp³-hybridized carbons (Fsp3) is 0.829. The zero-order valence-corrected chi connectivity index (χ0v) is 24.3. The van der Waals surface area contributed by atoms with Gasteiger partial charge in [-0.05, 0) is 80.2 Å². The van der Waals surface area contributed by atoms with Crippen molar-refractivity contribution in [2.24, 2.45) is 11.8 Å². The molecule has 0 radical (unpaired) electrons. The van der Waals surface area contributed by atoms with Crippen LogP contribution in [0.3, 0.4) is 0 Å². The molecule has 0 heterocycles. The predicted octanol–water partition coefficient (Wildman–Crippen LogP) is 11.2. The molecule has 1 aromatic carbocycles. The van der Waals surface area contributed by atoms with Crippen LogP contribution < -0.4 is 0 Å². The van der Waals surface area contributed by atoms with Crippen molar-refractivity contribution in [1.29, 1.82) is 0 Å². The van der Waals surface area contributed by atoms with Crippen molar-refractivity contribution < 1.29 is 4.74 Å². The van der Waals surface area contributed by atoms with Crippen LogP contribution in [0.15, 0.2) is 24.3 Å². The minimum atomic E-state index is 0.521. The highest BCUT2D eigenvalue weighted by atomic mass is 16.5. The van der Waals surface area contributed by atoms with Gasteiger partial charge in [-0.3, -0.25) is 0 Å². The van der Waals surface area contributed by atoms with Crippen molar-refractivity contribution in [3.8, 4) is 0 Å². The number of rotatable bonds is 18. The van der Waals surface area contributed by atoms with Gasteiger partial charge in [-0.2, -0.15) is 0 Å². The zero-order chi connectivity index (χ0) is 25.3. The van der Waals surface area contributed by atoms with Crippen LogP contribution >= 0.6 is 0 Å². The maximum absolute atomic E-state index is 6.35. The van der Waals surface area contributed by atoms with Gasteiger partial charge in [0.05, 0.1) is 6.10 Å². The fourth-order valence-corrected chi connectivity index (χ4v) is 6.92. The van der Waals surface area contributed by atoms with Crippen LogP contribution in [-0.2, 0) is 11.2 Å². The highest BCUT2D eigenvalue weighted by Gasteiger charge is 2.24. The van der Waals surface area contributed by atoms with Gasteiger partial charge in [-0.1, -0.05) is 128 Å². The lowest BCUT2D eigenvalue weighted by atomic mass is 9.78. The summed E-state index contributed by atoms with van der Waals surface area (Å²) in [5, 5.41) is 0. The van der Waals surface area contributed by atoms with E-state index < -0.39 is 0 Å². The Morgan fingerprint density at radius 3 is 1.78 bits per heavy atom. The Labute approximate surface area is 225 Å². The molecule has 1 heteroatoms. The third-order valence-electron chi connectivity index (χ3n) is 9.49. The third kappa shape index (κ3) is 11.7. The summed E-state index contributed by atoms with van der Waals surface area (Å²) in [4.78, 5) is 0. The molecular formula is C35H60O. The summed E-state index contributed by atoms with van der Waals surface area (Å²) in [6, 6.07) is 9.60. The molecule has 0 amide bonds. The molecule has 2 aliphatic carbocycles. The number of aryl methyl sites for hydroxylation is 1. The maximum atomic E-state index is 6.35. The predicted molar refractivity (Wildman–Crippen MR) is 158 cm³/mol. The van der Waals surface area contributed by atoms with E-state index in [9.17, 15) is 0 Å². The molecule has 0 spiro atoms. The van der Waals surface area contributed by atoms with E-state index in [4.69, 9.17) is 4.74 Å². The summed E-state index contributed by atoms with van der Waals surface area (Å²) in [5.74, 6) is 2.78. The van der Waals surface area contributed by atoms with Crippen molar-refractivity contribution in [2.45, 2.75) is 167 Å². The second-order valence-corrected chi connectivity index (χ2v) is 12.5. The minimum absolute atomic E-state index is 0.521. The Morgan fingerprint density at radius 1 is 0.583 bits per heavy atom. The van der Waals surface area contributed by atoms with Crippen LogP contribution in [-0.4, -0.2) is 12.7 Å². The minimum Gasteiger partial charge on any atom is -0.378 e. The first-order chi connectivity index (χ1) is 17.8. The van der Waals surface area contributed by atoms with Crippen LogP contribution in [0.2, 0.25) is 0 Å². The van der Waals surface area contributed by atoms with Gasteiger partial charge in [0.25, 0.3) is 0 Å². The molecule has 0 saturated heterocycles. The summed E-state index contributed by atoms with van der Waals surface area (Å²) in [7, 11) is 0. The third-order valence-corrected chi connectivity index (χ3v) is 9.49.